The molecule has 0 spiro atoms. The number of aromatic nitrogens is 4. The van der Waals surface area contributed by atoms with E-state index in [0.29, 0.717) is 36.3 Å². The van der Waals surface area contributed by atoms with Crippen LogP contribution in [0.15, 0.2) is 24.5 Å². The van der Waals surface area contributed by atoms with E-state index in [1.807, 2.05) is 11.9 Å². The number of anilines is 1. The van der Waals surface area contributed by atoms with E-state index >= 15 is 0 Å². The minimum absolute atomic E-state index is 0.340. The molecule has 4 aliphatic rings. The Balaban J connectivity index is 0.913. The van der Waals surface area contributed by atoms with Crippen molar-refractivity contribution < 1.29 is 14.9 Å². The van der Waals surface area contributed by atoms with Crippen molar-refractivity contribution in [2.75, 3.05) is 32.2 Å². The maximum Gasteiger partial charge on any atom is 0.165 e. The smallest absolute Gasteiger partial charge is 0.165 e. The third-order valence-corrected chi connectivity index (χ3v) is 10.4. The third kappa shape index (κ3) is 4.76. The summed E-state index contributed by atoms with van der Waals surface area (Å²) in [7, 11) is 4.03. The third-order valence-electron chi connectivity index (χ3n) is 10.4. The average molecular weight is 565 g/mol. The van der Waals surface area contributed by atoms with E-state index in [-0.39, 0.29) is 6.17 Å². The molecule has 1 saturated heterocycles. The molecule has 3 aromatic rings. The SMILES string of the molecule is CN1CNC(N)c2ncn([C@@H]3O[C@H](CN(C)C4CC(CCc5nc6ccc(C7(C)CCC7)cc6[nH]5)C4)[C@@H](O)[C@H]3O)c21. The van der Waals surface area contributed by atoms with Gasteiger partial charge in [-0.25, -0.2) is 9.97 Å². The first-order chi connectivity index (χ1) is 19.7. The number of nitrogens with zero attached hydrogens (tertiary/aromatic N) is 5. The fraction of sp³-hybridized carbons (Fsp3) is 0.667. The Bertz CT molecular complexity index is 1400. The zero-order valence-electron chi connectivity index (χ0n) is 24.3. The number of rotatable bonds is 8. The van der Waals surface area contributed by atoms with Crippen molar-refractivity contribution in [1.29, 1.82) is 0 Å². The van der Waals surface area contributed by atoms with E-state index in [1.54, 1.807) is 10.9 Å². The Morgan fingerprint density at radius 1 is 1.22 bits per heavy atom. The van der Waals surface area contributed by atoms with Crippen LogP contribution in [0.5, 0.6) is 0 Å². The lowest BCUT2D eigenvalue weighted by molar-refractivity contribution is -0.0524. The predicted molar refractivity (Wildman–Crippen MR) is 156 cm³/mol. The van der Waals surface area contributed by atoms with Crippen LogP contribution < -0.4 is 16.0 Å². The Hall–Kier alpha value is -2.54. The predicted octanol–water partition coefficient (Wildman–Crippen LogP) is 2.12. The fourth-order valence-corrected chi connectivity index (χ4v) is 7.31. The zero-order valence-corrected chi connectivity index (χ0v) is 24.3. The van der Waals surface area contributed by atoms with Gasteiger partial charge in [0.1, 0.15) is 41.8 Å². The highest BCUT2D eigenvalue weighted by atomic mass is 16.6. The highest BCUT2D eigenvalue weighted by Gasteiger charge is 2.46. The van der Waals surface area contributed by atoms with Crippen LogP contribution in [0.1, 0.15) is 74.9 Å². The van der Waals surface area contributed by atoms with Crippen LogP contribution in [-0.4, -0.2) is 86.3 Å². The molecule has 41 heavy (non-hydrogen) atoms. The second-order valence-electron chi connectivity index (χ2n) is 13.2. The molecule has 11 heteroatoms. The number of nitrogens with two attached hydrogens (primary N) is 1. The highest BCUT2D eigenvalue weighted by Crippen LogP contribution is 2.44. The van der Waals surface area contributed by atoms with Gasteiger partial charge >= 0.3 is 0 Å². The van der Waals surface area contributed by atoms with Crippen LogP contribution >= 0.6 is 0 Å². The second kappa shape index (κ2) is 10.3. The number of ether oxygens (including phenoxy) is 1. The van der Waals surface area contributed by atoms with E-state index in [1.165, 1.54) is 24.8 Å². The maximum atomic E-state index is 10.9. The number of imidazole rings is 2. The molecule has 4 heterocycles. The van der Waals surface area contributed by atoms with Gasteiger partial charge < -0.3 is 35.5 Å². The number of hydrogen-bond acceptors (Lipinski definition) is 9. The summed E-state index contributed by atoms with van der Waals surface area (Å²) in [6.45, 7) is 3.50. The number of aryl methyl sites for hydroxylation is 1. The van der Waals surface area contributed by atoms with E-state index in [4.69, 9.17) is 15.5 Å². The average Bonchev–Trinajstić information content (AvgIpc) is 3.61. The fourth-order valence-electron chi connectivity index (χ4n) is 7.31. The molecule has 7 rings (SSSR count). The quantitative estimate of drug-likeness (QED) is 0.278. The largest absolute Gasteiger partial charge is 0.387 e. The van der Waals surface area contributed by atoms with Crippen molar-refractivity contribution in [2.45, 2.75) is 94.0 Å². The van der Waals surface area contributed by atoms with Crippen molar-refractivity contribution in [3.05, 3.63) is 41.6 Å². The van der Waals surface area contributed by atoms with Crippen LogP contribution in [0.25, 0.3) is 11.0 Å². The molecule has 0 bridgehead atoms. The monoisotopic (exact) mass is 564 g/mol. The number of aliphatic hydroxyl groups is 2. The summed E-state index contributed by atoms with van der Waals surface area (Å²) in [5.74, 6) is 2.55. The number of fused-ring (bicyclic) bond motifs is 2. The summed E-state index contributed by atoms with van der Waals surface area (Å²) < 4.78 is 8.05. The summed E-state index contributed by atoms with van der Waals surface area (Å²) >= 11 is 0. The molecule has 3 fully saturated rings. The number of benzene rings is 1. The lowest BCUT2D eigenvalue weighted by atomic mass is 9.66. The topological polar surface area (TPSA) is 141 Å². The normalized spacial score (nSPS) is 32.8. The van der Waals surface area contributed by atoms with Crippen LogP contribution in [-0.2, 0) is 16.6 Å². The Morgan fingerprint density at radius 3 is 2.78 bits per heavy atom. The van der Waals surface area contributed by atoms with E-state index in [0.717, 1.165) is 48.4 Å². The lowest BCUT2D eigenvalue weighted by Crippen LogP contribution is -2.47. The molecule has 2 aliphatic carbocycles. The molecule has 1 unspecified atom stereocenters. The summed E-state index contributed by atoms with van der Waals surface area (Å²) in [5, 5.41) is 25.0. The number of hydrogen-bond donors (Lipinski definition) is 5. The minimum atomic E-state index is -1.04. The van der Waals surface area contributed by atoms with Gasteiger partial charge in [0.25, 0.3) is 0 Å². The van der Waals surface area contributed by atoms with E-state index in [9.17, 15) is 10.2 Å². The standard InChI is InChI=1S/C30H44N8O3/c1-30(9-4-10-30)18-6-7-20-21(13-18)35-23(34-20)8-5-17-11-19(12-17)36(2)14-22-25(39)26(40)29(41-22)38-16-32-24-27(31)33-15-37(3)28(24)38/h6-7,13,16-17,19,22,25-27,29,33,39-40H,4-5,8-12,14-15,31H2,1-3H3,(H,34,35)/t17?,19?,22-,25-,26-,27?,29-/m1/s1. The van der Waals surface area contributed by atoms with Crippen molar-refractivity contribution in [2.24, 2.45) is 11.7 Å². The number of nitrogens with one attached hydrogen (secondary N) is 2. The molecule has 0 amide bonds. The van der Waals surface area contributed by atoms with Gasteiger partial charge in [0.2, 0.25) is 0 Å². The van der Waals surface area contributed by atoms with Crippen molar-refractivity contribution in [3.8, 4) is 0 Å². The molecular formula is C30H44N8O3. The number of H-pyrrole nitrogens is 1. The van der Waals surface area contributed by atoms with Crippen LogP contribution in [0.2, 0.25) is 0 Å². The van der Waals surface area contributed by atoms with Crippen LogP contribution in [0.3, 0.4) is 0 Å². The molecule has 5 atom stereocenters. The van der Waals surface area contributed by atoms with E-state index < -0.39 is 24.5 Å². The van der Waals surface area contributed by atoms with Crippen molar-refractivity contribution in [3.63, 3.8) is 0 Å². The zero-order chi connectivity index (χ0) is 28.5. The first-order valence-corrected chi connectivity index (χ1v) is 15.2. The molecule has 1 aromatic carbocycles. The lowest BCUT2D eigenvalue weighted by Gasteiger charge is -2.42. The van der Waals surface area contributed by atoms with Gasteiger partial charge in [-0.1, -0.05) is 19.4 Å². The molecule has 2 saturated carbocycles. The highest BCUT2D eigenvalue weighted by molar-refractivity contribution is 5.76. The Kier molecular flexibility index (Phi) is 6.87. The molecular weight excluding hydrogens is 520 g/mol. The molecule has 2 aliphatic heterocycles. The molecule has 6 N–H and O–H groups in total. The van der Waals surface area contributed by atoms with Gasteiger partial charge in [-0.15, -0.1) is 0 Å². The van der Waals surface area contributed by atoms with E-state index in [2.05, 4.69) is 52.4 Å². The van der Waals surface area contributed by atoms with Gasteiger partial charge in [0.05, 0.1) is 24.0 Å². The summed E-state index contributed by atoms with van der Waals surface area (Å²) in [6.07, 6.45) is 6.27. The molecule has 2 aromatic heterocycles. The second-order valence-corrected chi connectivity index (χ2v) is 13.2. The van der Waals surface area contributed by atoms with Gasteiger partial charge in [-0.05, 0) is 68.2 Å². The van der Waals surface area contributed by atoms with Gasteiger partial charge in [-0.2, -0.15) is 0 Å². The number of aromatic amines is 1. The maximum absolute atomic E-state index is 10.9. The number of aliphatic hydroxyl groups excluding tert-OH is 2. The number of likely N-dealkylation sites (N-methyl/N-ethyl adjacent to an activating group) is 1. The first-order valence-electron chi connectivity index (χ1n) is 15.2. The molecule has 11 nitrogen and oxygen atoms in total. The molecule has 222 valence electrons. The summed E-state index contributed by atoms with van der Waals surface area (Å²) in [4.78, 5) is 17.2. The van der Waals surface area contributed by atoms with Crippen LogP contribution in [0.4, 0.5) is 5.82 Å². The summed E-state index contributed by atoms with van der Waals surface area (Å²) in [6, 6.07) is 7.20. The first kappa shape index (κ1) is 27.3. The van der Waals surface area contributed by atoms with Crippen LogP contribution in [0, 0.1) is 5.92 Å². The van der Waals surface area contributed by atoms with Crippen molar-refractivity contribution >= 4 is 16.9 Å². The minimum Gasteiger partial charge on any atom is -0.387 e. The Labute approximate surface area is 241 Å². The Morgan fingerprint density at radius 2 is 2.02 bits per heavy atom. The van der Waals surface area contributed by atoms with Gasteiger partial charge in [0, 0.05) is 26.1 Å². The van der Waals surface area contributed by atoms with Gasteiger partial charge in [-0.3, -0.25) is 9.88 Å². The summed E-state index contributed by atoms with van der Waals surface area (Å²) in [5.41, 5.74) is 10.9. The van der Waals surface area contributed by atoms with Gasteiger partial charge in [0.15, 0.2) is 6.23 Å². The molecule has 0 radical (unpaired) electrons. The van der Waals surface area contributed by atoms with Crippen molar-refractivity contribution in [1.82, 2.24) is 29.7 Å².